The first kappa shape index (κ1) is 74.9. The molecule has 2 spiro atoms. The minimum atomic E-state index is -1.01. The first-order valence-electron chi connectivity index (χ1n) is 41.2. The topological polar surface area (TPSA) is 128 Å². The van der Waals surface area contributed by atoms with Crippen molar-refractivity contribution in [2.75, 3.05) is 0 Å². The molecule has 0 saturated carbocycles. The number of aromatic nitrogens is 8. The summed E-state index contributed by atoms with van der Waals surface area (Å²) in [5, 5.41) is 23.5. The van der Waals surface area contributed by atoms with E-state index in [0.29, 0.717) is 29.1 Å². The molecule has 2 N–H and O–H groups in total. The fourth-order valence-corrected chi connectivity index (χ4v) is 18.9. The molecule has 0 amide bonds. The van der Waals surface area contributed by atoms with E-state index in [1.807, 2.05) is 84.9 Å². The van der Waals surface area contributed by atoms with Crippen molar-refractivity contribution in [3.8, 4) is 113 Å². The van der Waals surface area contributed by atoms with Gasteiger partial charge in [0.05, 0.1) is 55.5 Å². The van der Waals surface area contributed by atoms with Crippen LogP contribution in [0.2, 0.25) is 5.28 Å². The van der Waals surface area contributed by atoms with Gasteiger partial charge in [0, 0.05) is 49.4 Å². The SMILES string of the molecule is CC(C)(O)C(C)(C)O.Clc1nc(-c2ccccc2)nc(-c2ccc(-c3ccccc3)cc2)n1.[B]c1ccc2c(c1)-n1c3ccccc3c3cccc(c31)C21c2ccccc2-c2ccccc21.c1ccc(-c2ccc(-c3nc(-c4ccccc4)nc(-c4ccc5c(c4)-n4c6ccccc6c6cccc(c64)C54c5ccccc5-c5ccccc54)n3)cc2)cc1. The smallest absolute Gasteiger partial charge is 0.226 e. The normalized spacial score (nSPS) is 13.0. The first-order valence-corrected chi connectivity index (χ1v) is 41.5. The largest absolute Gasteiger partial charge is 0.387 e. The first-order chi connectivity index (χ1) is 59.6. The Morgan fingerprint density at radius 3 is 0.910 bits per heavy atom. The maximum absolute atomic E-state index is 9.10. The summed E-state index contributed by atoms with van der Waals surface area (Å²) in [6.45, 7) is 6.31. The number of nitrogens with zero attached hydrogens (tertiary/aromatic N) is 8. The molecule has 0 saturated heterocycles. The fourth-order valence-electron chi connectivity index (χ4n) is 18.7. The van der Waals surface area contributed by atoms with E-state index in [9.17, 15) is 0 Å². The average molecular weight is 1590 g/mol. The van der Waals surface area contributed by atoms with E-state index in [1.54, 1.807) is 27.7 Å². The van der Waals surface area contributed by atoms with E-state index in [4.69, 9.17) is 44.6 Å². The summed E-state index contributed by atoms with van der Waals surface area (Å²) >= 11 is 6.11. The Bertz CT molecular complexity index is 7380. The van der Waals surface area contributed by atoms with Crippen LogP contribution in [-0.4, -0.2) is 68.3 Å². The third kappa shape index (κ3) is 12.2. The van der Waals surface area contributed by atoms with Crippen LogP contribution in [0.3, 0.4) is 0 Å². The lowest BCUT2D eigenvalue weighted by molar-refractivity contribution is -0.107. The van der Waals surface area contributed by atoms with E-state index in [-0.39, 0.29) is 10.7 Å². The van der Waals surface area contributed by atoms with E-state index >= 15 is 0 Å². The molecular weight excluding hydrogens is 1510 g/mol. The Morgan fingerprint density at radius 1 is 0.254 bits per heavy atom. The van der Waals surface area contributed by atoms with Gasteiger partial charge in [-0.3, -0.25) is 0 Å². The molecule has 580 valence electrons. The molecule has 6 heterocycles. The summed E-state index contributed by atoms with van der Waals surface area (Å²) in [4.78, 5) is 28.6. The zero-order valence-corrected chi connectivity index (χ0v) is 68.1. The molecular formula is C110H78BClN8O2. The molecule has 0 fully saturated rings. The third-order valence-electron chi connectivity index (χ3n) is 25.0. The van der Waals surface area contributed by atoms with Gasteiger partial charge in [0.2, 0.25) is 5.28 Å². The standard InChI is InChI=1S/C52H32N4.C31H18BN.C21H14ClN3.C6H14O2/c1-3-14-33(15-4-1)34-26-28-36(29-27-34)50-53-49(35-16-5-2-6-17-35)54-51(55-50)37-30-31-44-47(32-37)56-46-25-12-9-20-40(46)41-21-13-24-45(48(41)56)52(44)42-22-10-7-18-38(42)39-19-8-11-23-43(39)52;32-19-16-17-26-29(18-19)33-28-15-6-3-10-22(28)23-11-7-14-27(30(23)33)31(26)24-12-4-1-8-20(24)21-9-2-5-13-25(21)31;22-21-24-19(17-9-5-2-6-10-17)23-20(25-21)18-13-11-16(12-14-18)15-7-3-1-4-8-15;1-5(2,7)6(3,4)8/h1-32H;1-18H;1-14H;7-8H,1-4H3. The van der Waals surface area contributed by atoms with Crippen molar-refractivity contribution in [2.45, 2.75) is 49.7 Å². The van der Waals surface area contributed by atoms with Crippen molar-refractivity contribution in [1.82, 2.24) is 39.0 Å². The third-order valence-corrected chi connectivity index (χ3v) is 25.1. The van der Waals surface area contributed by atoms with Crippen LogP contribution in [0.25, 0.3) is 156 Å². The van der Waals surface area contributed by atoms with Crippen molar-refractivity contribution in [2.24, 2.45) is 0 Å². The highest BCUT2D eigenvalue weighted by atomic mass is 35.5. The molecule has 24 rings (SSSR count). The number of para-hydroxylation sites is 4. The van der Waals surface area contributed by atoms with Gasteiger partial charge in [-0.05, 0) is 153 Å². The van der Waals surface area contributed by atoms with Crippen LogP contribution >= 0.6 is 11.6 Å². The summed E-state index contributed by atoms with van der Waals surface area (Å²) in [6.07, 6.45) is 0. The van der Waals surface area contributed by atoms with Gasteiger partial charge in [-0.1, -0.05) is 369 Å². The second kappa shape index (κ2) is 29.7. The Morgan fingerprint density at radius 2 is 0.525 bits per heavy atom. The molecule has 0 atom stereocenters. The van der Waals surface area contributed by atoms with Crippen molar-refractivity contribution in [3.05, 3.63) is 438 Å². The van der Waals surface area contributed by atoms with Gasteiger partial charge < -0.3 is 19.3 Å². The summed E-state index contributed by atoms with van der Waals surface area (Å²) in [5.41, 5.74) is 30.1. The highest BCUT2D eigenvalue weighted by Gasteiger charge is 2.53. The average Bonchev–Trinajstić information content (AvgIpc) is 1.50. The van der Waals surface area contributed by atoms with Crippen LogP contribution in [0.5, 0.6) is 0 Å². The Balaban J connectivity index is 0.000000117. The highest BCUT2D eigenvalue weighted by Crippen LogP contribution is 2.63. The van der Waals surface area contributed by atoms with Crippen molar-refractivity contribution < 1.29 is 10.2 Å². The van der Waals surface area contributed by atoms with Gasteiger partial charge >= 0.3 is 0 Å². The van der Waals surface area contributed by atoms with E-state index in [0.717, 1.165) is 50.1 Å². The lowest BCUT2D eigenvalue weighted by atomic mass is 9.65. The van der Waals surface area contributed by atoms with Gasteiger partial charge in [-0.25, -0.2) is 19.9 Å². The van der Waals surface area contributed by atoms with Gasteiger partial charge in [-0.15, -0.1) is 0 Å². The van der Waals surface area contributed by atoms with E-state index in [1.165, 1.54) is 127 Å². The molecule has 20 aromatic rings. The van der Waals surface area contributed by atoms with Gasteiger partial charge in [0.25, 0.3) is 0 Å². The molecule has 12 heteroatoms. The number of hydrogen-bond donors (Lipinski definition) is 2. The summed E-state index contributed by atoms with van der Waals surface area (Å²) in [6, 6.07) is 138. The predicted octanol–water partition coefficient (Wildman–Crippen LogP) is 24.6. The maximum Gasteiger partial charge on any atom is 0.226 e. The lowest BCUT2D eigenvalue weighted by Crippen LogP contribution is -2.44. The molecule has 16 aromatic carbocycles. The molecule has 2 aliphatic carbocycles. The maximum atomic E-state index is 9.10. The van der Waals surface area contributed by atoms with Gasteiger partial charge in [0.15, 0.2) is 29.1 Å². The number of hydrogen-bond acceptors (Lipinski definition) is 8. The zero-order chi connectivity index (χ0) is 82.6. The zero-order valence-electron chi connectivity index (χ0n) is 67.4. The minimum absolute atomic E-state index is 0.191. The second-order valence-corrected chi connectivity index (χ2v) is 32.9. The van der Waals surface area contributed by atoms with E-state index in [2.05, 4.69) is 327 Å². The molecule has 2 radical (unpaired) electrons. The van der Waals surface area contributed by atoms with E-state index < -0.39 is 16.6 Å². The summed E-state index contributed by atoms with van der Waals surface area (Å²) in [5.74, 6) is 3.06. The van der Waals surface area contributed by atoms with Crippen LogP contribution in [-0.2, 0) is 10.8 Å². The van der Waals surface area contributed by atoms with Crippen LogP contribution in [0.15, 0.2) is 388 Å². The molecule has 2 aliphatic heterocycles. The van der Waals surface area contributed by atoms with Crippen LogP contribution in [0.4, 0.5) is 0 Å². The minimum Gasteiger partial charge on any atom is -0.387 e. The van der Waals surface area contributed by atoms with Crippen molar-refractivity contribution >= 4 is 68.5 Å². The van der Waals surface area contributed by atoms with Crippen molar-refractivity contribution in [3.63, 3.8) is 0 Å². The predicted molar refractivity (Wildman–Crippen MR) is 498 cm³/mol. The number of aliphatic hydroxyl groups is 2. The molecule has 122 heavy (non-hydrogen) atoms. The molecule has 0 bridgehead atoms. The molecule has 4 aliphatic rings. The van der Waals surface area contributed by atoms with Gasteiger partial charge in [0.1, 0.15) is 7.85 Å². The summed E-state index contributed by atoms with van der Waals surface area (Å²) in [7, 11) is 6.41. The van der Waals surface area contributed by atoms with Crippen LogP contribution < -0.4 is 5.46 Å². The number of rotatable bonds is 8. The molecule has 10 nitrogen and oxygen atoms in total. The number of halogens is 1. The Kier molecular flexibility index (Phi) is 18.3. The van der Waals surface area contributed by atoms with Crippen LogP contribution in [0, 0.1) is 0 Å². The van der Waals surface area contributed by atoms with Crippen molar-refractivity contribution in [1.29, 1.82) is 0 Å². The summed E-state index contributed by atoms with van der Waals surface area (Å²) < 4.78 is 4.91. The number of fused-ring (bicyclic) bond motifs is 24. The number of benzene rings is 16. The highest BCUT2D eigenvalue weighted by molar-refractivity contribution is 6.32. The Labute approximate surface area is 713 Å². The monoisotopic (exact) mass is 1590 g/mol. The second-order valence-electron chi connectivity index (χ2n) is 32.6. The molecule has 0 unspecified atom stereocenters. The quantitative estimate of drug-likeness (QED) is 0.144. The Hall–Kier alpha value is -14.6. The molecule has 4 aromatic heterocycles. The lowest BCUT2D eigenvalue weighted by Gasteiger charge is -2.39. The fraction of sp³-hybridized carbons (Fsp3) is 0.0727. The van der Waals surface area contributed by atoms with Gasteiger partial charge in [-0.2, -0.15) is 9.97 Å². The van der Waals surface area contributed by atoms with Crippen LogP contribution in [0.1, 0.15) is 72.2 Å².